The standard InChI is InChI=1S/C18H31NO/c1-4-5-6-7-8-9-10-11-18(20)16-12-14-17(15-13-16)19(2)3/h12-15,18,20H,4-11H2,1-3H3. The van der Waals surface area contributed by atoms with Crippen molar-refractivity contribution in [3.63, 3.8) is 0 Å². The molecule has 114 valence electrons. The Balaban J connectivity index is 2.20. The van der Waals surface area contributed by atoms with Gasteiger partial charge in [-0.15, -0.1) is 0 Å². The summed E-state index contributed by atoms with van der Waals surface area (Å²) in [6, 6.07) is 8.23. The molecule has 1 unspecified atom stereocenters. The lowest BCUT2D eigenvalue weighted by Gasteiger charge is -2.15. The molecule has 0 spiro atoms. The van der Waals surface area contributed by atoms with Gasteiger partial charge in [-0.05, 0) is 24.1 Å². The Morgan fingerprint density at radius 2 is 1.45 bits per heavy atom. The van der Waals surface area contributed by atoms with Crippen molar-refractivity contribution >= 4 is 5.69 Å². The zero-order valence-corrected chi connectivity index (χ0v) is 13.4. The number of benzene rings is 1. The summed E-state index contributed by atoms with van der Waals surface area (Å²) in [4.78, 5) is 2.08. The Kier molecular flexibility index (Phi) is 8.36. The van der Waals surface area contributed by atoms with Crippen molar-refractivity contribution in [1.29, 1.82) is 0 Å². The van der Waals surface area contributed by atoms with E-state index in [0.29, 0.717) is 0 Å². The molecular formula is C18H31NO. The Morgan fingerprint density at radius 3 is 2.00 bits per heavy atom. The van der Waals surface area contributed by atoms with Crippen LogP contribution >= 0.6 is 0 Å². The van der Waals surface area contributed by atoms with Crippen molar-refractivity contribution in [2.45, 2.75) is 64.4 Å². The van der Waals surface area contributed by atoms with E-state index < -0.39 is 0 Å². The number of rotatable bonds is 10. The van der Waals surface area contributed by atoms with E-state index in [2.05, 4.69) is 24.0 Å². The highest BCUT2D eigenvalue weighted by Gasteiger charge is 2.07. The van der Waals surface area contributed by atoms with Gasteiger partial charge in [0.2, 0.25) is 0 Å². The summed E-state index contributed by atoms with van der Waals surface area (Å²) in [5, 5.41) is 10.2. The maximum atomic E-state index is 10.2. The van der Waals surface area contributed by atoms with Crippen LogP contribution in [0.1, 0.15) is 70.0 Å². The SMILES string of the molecule is CCCCCCCCCC(O)c1ccc(N(C)C)cc1. The zero-order valence-electron chi connectivity index (χ0n) is 13.4. The first-order valence-electron chi connectivity index (χ1n) is 8.10. The zero-order chi connectivity index (χ0) is 14.8. The molecule has 0 amide bonds. The maximum Gasteiger partial charge on any atom is 0.0790 e. The lowest BCUT2D eigenvalue weighted by molar-refractivity contribution is 0.163. The van der Waals surface area contributed by atoms with Crippen LogP contribution in [-0.4, -0.2) is 19.2 Å². The molecule has 0 saturated carbocycles. The van der Waals surface area contributed by atoms with Crippen molar-refractivity contribution < 1.29 is 5.11 Å². The highest BCUT2D eigenvalue weighted by Crippen LogP contribution is 2.22. The maximum absolute atomic E-state index is 10.2. The summed E-state index contributed by atoms with van der Waals surface area (Å²) >= 11 is 0. The van der Waals surface area contributed by atoms with Gasteiger partial charge in [-0.1, -0.05) is 64.0 Å². The summed E-state index contributed by atoms with van der Waals surface area (Å²) in [5.74, 6) is 0. The van der Waals surface area contributed by atoms with E-state index >= 15 is 0 Å². The van der Waals surface area contributed by atoms with Crippen LogP contribution in [0.4, 0.5) is 5.69 Å². The molecule has 1 N–H and O–H groups in total. The smallest absolute Gasteiger partial charge is 0.0790 e. The first-order chi connectivity index (χ1) is 9.65. The van der Waals surface area contributed by atoms with Crippen LogP contribution in [0.5, 0.6) is 0 Å². The molecular weight excluding hydrogens is 246 g/mol. The highest BCUT2D eigenvalue weighted by atomic mass is 16.3. The van der Waals surface area contributed by atoms with Gasteiger partial charge in [0.1, 0.15) is 0 Å². The van der Waals surface area contributed by atoms with Gasteiger partial charge in [0.25, 0.3) is 0 Å². The van der Waals surface area contributed by atoms with Gasteiger partial charge in [-0.2, -0.15) is 0 Å². The molecule has 1 aromatic carbocycles. The summed E-state index contributed by atoms with van der Waals surface area (Å²) < 4.78 is 0. The minimum atomic E-state index is -0.304. The number of hydrogen-bond donors (Lipinski definition) is 1. The normalized spacial score (nSPS) is 12.4. The van der Waals surface area contributed by atoms with E-state index in [1.165, 1.54) is 44.2 Å². The van der Waals surface area contributed by atoms with Crippen LogP contribution in [0, 0.1) is 0 Å². The molecule has 1 rings (SSSR count). The van der Waals surface area contributed by atoms with Gasteiger partial charge in [-0.3, -0.25) is 0 Å². The van der Waals surface area contributed by atoms with Crippen molar-refractivity contribution in [1.82, 2.24) is 0 Å². The van der Waals surface area contributed by atoms with Crippen LogP contribution in [0.2, 0.25) is 0 Å². The number of nitrogens with zero attached hydrogens (tertiary/aromatic N) is 1. The summed E-state index contributed by atoms with van der Waals surface area (Å²) in [5.41, 5.74) is 2.22. The van der Waals surface area contributed by atoms with Crippen molar-refractivity contribution in [3.8, 4) is 0 Å². The molecule has 0 bridgehead atoms. The highest BCUT2D eigenvalue weighted by molar-refractivity contribution is 5.46. The van der Waals surface area contributed by atoms with Gasteiger partial charge in [0.05, 0.1) is 6.10 Å². The van der Waals surface area contributed by atoms with Crippen molar-refractivity contribution in [2.24, 2.45) is 0 Å². The predicted octanol–water partition coefficient (Wildman–Crippen LogP) is 4.93. The number of hydrogen-bond acceptors (Lipinski definition) is 2. The third-order valence-electron chi connectivity index (χ3n) is 3.88. The van der Waals surface area contributed by atoms with E-state index in [4.69, 9.17) is 0 Å². The molecule has 0 saturated heterocycles. The molecule has 0 aliphatic rings. The van der Waals surface area contributed by atoms with Crippen molar-refractivity contribution in [2.75, 3.05) is 19.0 Å². The number of anilines is 1. The minimum absolute atomic E-state index is 0.304. The molecule has 2 heteroatoms. The molecule has 0 aliphatic carbocycles. The molecule has 0 aromatic heterocycles. The summed E-state index contributed by atoms with van der Waals surface area (Å²) in [7, 11) is 4.06. The van der Waals surface area contributed by atoms with Gasteiger partial charge >= 0.3 is 0 Å². The van der Waals surface area contributed by atoms with E-state index in [-0.39, 0.29) is 6.10 Å². The fraction of sp³-hybridized carbons (Fsp3) is 0.667. The fourth-order valence-corrected chi connectivity index (χ4v) is 2.46. The molecule has 0 heterocycles. The Morgan fingerprint density at radius 1 is 0.900 bits per heavy atom. The van der Waals surface area contributed by atoms with E-state index in [0.717, 1.165) is 18.4 Å². The molecule has 20 heavy (non-hydrogen) atoms. The predicted molar refractivity (Wildman–Crippen MR) is 88.3 cm³/mol. The van der Waals surface area contributed by atoms with Gasteiger partial charge in [0.15, 0.2) is 0 Å². The first-order valence-corrected chi connectivity index (χ1v) is 8.10. The molecule has 2 nitrogen and oxygen atoms in total. The van der Waals surface area contributed by atoms with E-state index in [1.54, 1.807) is 0 Å². The molecule has 0 radical (unpaired) electrons. The monoisotopic (exact) mass is 277 g/mol. The number of unbranched alkanes of at least 4 members (excludes halogenated alkanes) is 6. The second kappa shape index (κ2) is 9.82. The third-order valence-corrected chi connectivity index (χ3v) is 3.88. The minimum Gasteiger partial charge on any atom is -0.388 e. The number of aliphatic hydroxyl groups is 1. The van der Waals surface area contributed by atoms with Crippen LogP contribution in [0.15, 0.2) is 24.3 Å². The Labute approximate surface area is 124 Å². The Hall–Kier alpha value is -1.02. The average molecular weight is 277 g/mol. The second-order valence-corrected chi connectivity index (χ2v) is 5.91. The molecule has 0 aliphatic heterocycles. The van der Waals surface area contributed by atoms with E-state index in [9.17, 15) is 5.11 Å². The molecule has 1 atom stereocenters. The summed E-state index contributed by atoms with van der Waals surface area (Å²) in [6.07, 6.45) is 9.65. The van der Waals surface area contributed by atoms with Gasteiger partial charge < -0.3 is 10.0 Å². The quantitative estimate of drug-likeness (QED) is 0.613. The largest absolute Gasteiger partial charge is 0.388 e. The summed E-state index contributed by atoms with van der Waals surface area (Å²) in [6.45, 7) is 2.25. The van der Waals surface area contributed by atoms with Gasteiger partial charge in [-0.25, -0.2) is 0 Å². The van der Waals surface area contributed by atoms with E-state index in [1.807, 2.05) is 26.2 Å². The third kappa shape index (κ3) is 6.42. The molecule has 0 fully saturated rings. The lowest BCUT2D eigenvalue weighted by Crippen LogP contribution is -2.08. The second-order valence-electron chi connectivity index (χ2n) is 5.91. The fourth-order valence-electron chi connectivity index (χ4n) is 2.46. The number of aliphatic hydroxyl groups excluding tert-OH is 1. The van der Waals surface area contributed by atoms with Crippen LogP contribution in [-0.2, 0) is 0 Å². The van der Waals surface area contributed by atoms with Crippen LogP contribution in [0.25, 0.3) is 0 Å². The average Bonchev–Trinajstić information content (AvgIpc) is 2.46. The van der Waals surface area contributed by atoms with Crippen LogP contribution in [0.3, 0.4) is 0 Å². The lowest BCUT2D eigenvalue weighted by atomic mass is 10.0. The molecule has 1 aromatic rings. The topological polar surface area (TPSA) is 23.5 Å². The van der Waals surface area contributed by atoms with Crippen LogP contribution < -0.4 is 4.90 Å². The Bertz CT molecular complexity index is 345. The van der Waals surface area contributed by atoms with Gasteiger partial charge in [0, 0.05) is 19.8 Å². The first kappa shape index (κ1) is 17.0. The van der Waals surface area contributed by atoms with Crippen molar-refractivity contribution in [3.05, 3.63) is 29.8 Å².